The molecule has 1 fully saturated rings. The average Bonchev–Trinajstić information content (AvgIpc) is 2.76. The highest BCUT2D eigenvalue weighted by Gasteiger charge is 2.52. The predicted molar refractivity (Wildman–Crippen MR) is 84.4 cm³/mol. The minimum absolute atomic E-state index is 0. The highest BCUT2D eigenvalue weighted by atomic mass is 32.1. The second kappa shape index (κ2) is 8.15. The molecule has 0 spiro atoms. The molecule has 1 saturated heterocycles. The molecular weight excluding hydrogens is 349 g/mol. The molecule has 0 aromatic carbocycles. The number of aliphatic hydroxyl groups is 1. The van der Waals surface area contributed by atoms with Gasteiger partial charge in [-0.2, -0.15) is 18.5 Å². The molecule has 12 heteroatoms. The summed E-state index contributed by atoms with van der Waals surface area (Å²) in [6.07, 6.45) is -3.51. The Labute approximate surface area is 139 Å². The van der Waals surface area contributed by atoms with Crippen LogP contribution in [0.4, 0.5) is 5.82 Å². The van der Waals surface area contributed by atoms with Crippen molar-refractivity contribution in [2.45, 2.75) is 37.6 Å². The number of rotatable bonds is 5. The molecule has 6 atom stereocenters. The first-order chi connectivity index (χ1) is 10.3. The Hall–Kier alpha value is -1.07. The van der Waals surface area contributed by atoms with Crippen molar-refractivity contribution in [3.8, 4) is 0 Å². The van der Waals surface area contributed by atoms with E-state index in [9.17, 15) is 14.5 Å². The summed E-state index contributed by atoms with van der Waals surface area (Å²) in [4.78, 5) is 24.5. The molecule has 1 aliphatic rings. The van der Waals surface area contributed by atoms with Crippen LogP contribution in [-0.4, -0.2) is 51.1 Å². The zero-order valence-corrected chi connectivity index (χ0v) is 14.3. The highest BCUT2D eigenvalue weighted by Crippen LogP contribution is 2.38. The van der Waals surface area contributed by atoms with Crippen LogP contribution in [0.3, 0.4) is 0 Å². The van der Waals surface area contributed by atoms with Crippen molar-refractivity contribution in [1.29, 1.82) is 0 Å². The fourth-order valence-electron chi connectivity index (χ4n) is 2.37. The van der Waals surface area contributed by atoms with Crippen molar-refractivity contribution in [1.82, 2.24) is 9.55 Å². The number of hydrogen-bond donors (Lipinski definition) is 3. The van der Waals surface area contributed by atoms with Crippen molar-refractivity contribution < 1.29 is 28.6 Å². The number of methoxy groups -OCH3 is 1. The molecule has 0 radical (unpaired) electrons. The summed E-state index contributed by atoms with van der Waals surface area (Å²) in [5, 5.41) is 9.77. The van der Waals surface area contributed by atoms with Gasteiger partial charge in [-0.25, -0.2) is 4.79 Å². The van der Waals surface area contributed by atoms with Crippen molar-refractivity contribution in [3.63, 3.8) is 0 Å². The molecule has 2 unspecified atom stereocenters. The van der Waals surface area contributed by atoms with Gasteiger partial charge in [-0.15, -0.1) is 9.42 Å². The largest absolute Gasteiger partial charge is 0.695 e. The van der Waals surface area contributed by atoms with Gasteiger partial charge < -0.3 is 20.3 Å². The van der Waals surface area contributed by atoms with Crippen LogP contribution in [0.15, 0.2) is 17.1 Å². The Kier molecular flexibility index (Phi) is 7.08. The molecule has 1 aliphatic heterocycles. The number of nitrogen functional groups attached to an aromatic ring is 1. The van der Waals surface area contributed by atoms with E-state index < -0.39 is 44.6 Å². The van der Waals surface area contributed by atoms with E-state index >= 15 is 0 Å². The Morgan fingerprint density at radius 1 is 1.52 bits per heavy atom. The fraction of sp³-hybridized carbons (Fsp3) is 0.636. The van der Waals surface area contributed by atoms with Crippen molar-refractivity contribution in [2.75, 3.05) is 12.8 Å². The van der Waals surface area contributed by atoms with Crippen molar-refractivity contribution in [3.05, 3.63) is 22.7 Å². The summed E-state index contributed by atoms with van der Waals surface area (Å²) in [6, 6.07) is 1.40. The Morgan fingerprint density at radius 2 is 2.17 bits per heavy atom. The van der Waals surface area contributed by atoms with Gasteiger partial charge in [0.05, 0.1) is 6.10 Å². The molecule has 1 aromatic rings. The lowest BCUT2D eigenvalue weighted by atomic mass is 10.1. The summed E-state index contributed by atoms with van der Waals surface area (Å²) in [6.45, 7) is 1.44. The number of aromatic nitrogens is 2. The van der Waals surface area contributed by atoms with E-state index in [4.69, 9.17) is 24.6 Å². The van der Waals surface area contributed by atoms with Gasteiger partial charge in [-0.05, 0) is 13.0 Å². The monoisotopic (exact) mass is 368 g/mol. The maximum atomic E-state index is 11.9. The molecule has 0 aliphatic carbocycles. The molecule has 4 N–H and O–H groups in total. The van der Waals surface area contributed by atoms with Gasteiger partial charge in [0.2, 0.25) is 0 Å². The third kappa shape index (κ3) is 4.27. The standard InChI is InChI=1S/C11H16N3O7P.H2S/c1-5(15)7-8(21-22(17)18)9(19-2)10(20-7)14-4-3-6(12)13-11(14)16;/h3-5,7-10,15H,1-2H3,(H2-,12,13,16,17,18);1H2/p+1/t5-,7+,8?,9-,10+;/m0./s1. The Morgan fingerprint density at radius 3 is 2.65 bits per heavy atom. The molecule has 2 rings (SSSR count). The molecule has 130 valence electrons. The number of nitrogens with two attached hydrogens (primary N) is 1. The van der Waals surface area contributed by atoms with Crippen LogP contribution in [0, 0.1) is 0 Å². The second-order valence-electron chi connectivity index (χ2n) is 4.78. The Bertz CT molecular complexity index is 614. The third-order valence-electron chi connectivity index (χ3n) is 3.31. The summed E-state index contributed by atoms with van der Waals surface area (Å²) in [5.74, 6) is 0.0477. The van der Waals surface area contributed by atoms with Gasteiger partial charge >= 0.3 is 13.9 Å². The lowest BCUT2D eigenvalue weighted by Crippen LogP contribution is -2.40. The summed E-state index contributed by atoms with van der Waals surface area (Å²) >= 11 is 0. The van der Waals surface area contributed by atoms with Crippen LogP contribution in [0.25, 0.3) is 0 Å². The summed E-state index contributed by atoms with van der Waals surface area (Å²) in [5.41, 5.74) is 4.75. The van der Waals surface area contributed by atoms with Crippen molar-refractivity contribution in [2.24, 2.45) is 0 Å². The van der Waals surface area contributed by atoms with Crippen LogP contribution >= 0.6 is 21.8 Å². The van der Waals surface area contributed by atoms with E-state index in [0.29, 0.717) is 0 Å². The molecule has 0 bridgehead atoms. The molecule has 10 nitrogen and oxygen atoms in total. The molecule has 1 aromatic heterocycles. The maximum absolute atomic E-state index is 11.9. The minimum atomic E-state index is -2.94. The van der Waals surface area contributed by atoms with E-state index in [0.717, 1.165) is 4.57 Å². The predicted octanol–water partition coefficient (Wildman–Crippen LogP) is -0.734. The highest BCUT2D eigenvalue weighted by molar-refractivity contribution is 7.59. The zero-order valence-electron chi connectivity index (χ0n) is 12.4. The maximum Gasteiger partial charge on any atom is 0.695 e. The van der Waals surface area contributed by atoms with Gasteiger partial charge in [0.15, 0.2) is 12.3 Å². The first-order valence-electron chi connectivity index (χ1n) is 6.39. The topological polar surface area (TPSA) is 146 Å². The van der Waals surface area contributed by atoms with E-state index in [1.165, 1.54) is 26.3 Å². The second-order valence-corrected chi connectivity index (χ2v) is 5.47. The smallest absolute Gasteiger partial charge is 0.391 e. The first-order valence-corrected chi connectivity index (χ1v) is 7.52. The number of anilines is 1. The van der Waals surface area contributed by atoms with Crippen LogP contribution < -0.4 is 11.4 Å². The van der Waals surface area contributed by atoms with Gasteiger partial charge in [-0.3, -0.25) is 4.57 Å². The molecule has 0 amide bonds. The van der Waals surface area contributed by atoms with E-state index in [1.54, 1.807) is 0 Å². The van der Waals surface area contributed by atoms with E-state index in [2.05, 4.69) is 4.98 Å². The molecular formula is C11H19N3O7PS+. The lowest BCUT2D eigenvalue weighted by Gasteiger charge is -2.19. The number of ether oxygens (including phenoxy) is 2. The summed E-state index contributed by atoms with van der Waals surface area (Å²) in [7, 11) is -1.60. The van der Waals surface area contributed by atoms with Gasteiger partial charge in [0.25, 0.3) is 0 Å². The number of nitrogens with zero attached hydrogens (tertiary/aromatic N) is 2. The minimum Gasteiger partial charge on any atom is -0.391 e. The van der Waals surface area contributed by atoms with Gasteiger partial charge in [-0.1, -0.05) is 0 Å². The fourth-order valence-corrected chi connectivity index (χ4v) is 2.82. The van der Waals surface area contributed by atoms with Crippen LogP contribution in [0.1, 0.15) is 13.2 Å². The van der Waals surface area contributed by atoms with E-state index in [-0.39, 0.29) is 19.3 Å². The van der Waals surface area contributed by atoms with Crippen LogP contribution in [-0.2, 0) is 18.6 Å². The van der Waals surface area contributed by atoms with Crippen molar-refractivity contribution >= 4 is 27.6 Å². The third-order valence-corrected chi connectivity index (χ3v) is 3.73. The van der Waals surface area contributed by atoms with E-state index in [1.807, 2.05) is 0 Å². The Balaban J connectivity index is 0.00000264. The molecule has 0 saturated carbocycles. The zero-order chi connectivity index (χ0) is 16.4. The summed E-state index contributed by atoms with van der Waals surface area (Å²) < 4.78 is 27.8. The normalized spacial score (nSPS) is 29.0. The quantitative estimate of drug-likeness (QED) is 0.572. The van der Waals surface area contributed by atoms with Gasteiger partial charge in [0.1, 0.15) is 18.0 Å². The molecule has 23 heavy (non-hydrogen) atoms. The van der Waals surface area contributed by atoms with Crippen LogP contribution in [0.2, 0.25) is 0 Å². The first kappa shape index (κ1) is 20.0. The SMILES string of the molecule is CO[C@H]1C(O[P+](=O)O)[C@@H]([C@H](C)O)O[C@H]1n1ccc(N)nc1=O.S. The average molecular weight is 368 g/mol. The molecule has 2 heterocycles. The van der Waals surface area contributed by atoms with Gasteiger partial charge in [0, 0.05) is 17.9 Å². The van der Waals surface area contributed by atoms with Crippen LogP contribution in [0.5, 0.6) is 0 Å². The number of hydrogen-bond acceptors (Lipinski definition) is 8. The lowest BCUT2D eigenvalue weighted by molar-refractivity contribution is -0.0816. The number of aliphatic hydroxyl groups excluding tert-OH is 1.